The molecule has 8 heteroatoms. The average Bonchev–Trinajstić information content (AvgIpc) is 3.13. The average molecular weight is 375 g/mol. The van der Waals surface area contributed by atoms with Crippen LogP contribution in [-0.2, 0) is 0 Å². The van der Waals surface area contributed by atoms with Crippen molar-refractivity contribution in [2.24, 2.45) is 4.99 Å². The van der Waals surface area contributed by atoms with Crippen molar-refractivity contribution in [3.63, 3.8) is 0 Å². The molecular weight excluding hydrogens is 362 g/mol. The second kappa shape index (κ2) is 7.30. The molecule has 0 N–H and O–H groups in total. The molecule has 2 aromatic heterocycles. The minimum Gasteiger partial charge on any atom is -0.285 e. The molecule has 0 saturated heterocycles. The lowest BCUT2D eigenvalue weighted by Crippen LogP contribution is -2.14. The molecule has 0 spiro atoms. The van der Waals surface area contributed by atoms with Gasteiger partial charge in [0.25, 0.3) is 11.6 Å². The van der Waals surface area contributed by atoms with Crippen LogP contribution in [0.2, 0.25) is 0 Å². The van der Waals surface area contributed by atoms with E-state index in [0.29, 0.717) is 10.7 Å². The summed E-state index contributed by atoms with van der Waals surface area (Å²) in [7, 11) is 0. The summed E-state index contributed by atoms with van der Waals surface area (Å²) < 4.78 is 1.94. The zero-order valence-electron chi connectivity index (χ0n) is 14.0. The summed E-state index contributed by atoms with van der Waals surface area (Å²) >= 11 is 1.45. The number of hydrogen-bond donors (Lipinski definition) is 0. The molecule has 0 fully saturated rings. The normalized spacial score (nSPS) is 11.5. The van der Waals surface area contributed by atoms with Crippen LogP contribution in [0.5, 0.6) is 0 Å². The van der Waals surface area contributed by atoms with Crippen LogP contribution in [0.4, 0.5) is 11.6 Å². The Kier molecular flexibility index (Phi) is 4.54. The maximum Gasteiger partial charge on any atom is 0.269 e. The molecule has 0 aliphatic heterocycles. The highest BCUT2D eigenvalue weighted by Crippen LogP contribution is 2.24. The first-order valence-electron chi connectivity index (χ1n) is 8.05. The topological polar surface area (TPSA) is 86.2 Å². The van der Waals surface area contributed by atoms with Crippen molar-refractivity contribution in [2.75, 3.05) is 0 Å². The Morgan fingerprint density at radius 1 is 0.963 bits per heavy atom. The molecule has 0 unspecified atom stereocenters. The van der Waals surface area contributed by atoms with Gasteiger partial charge >= 0.3 is 0 Å². The van der Waals surface area contributed by atoms with Crippen LogP contribution in [0.1, 0.15) is 0 Å². The third-order valence-corrected chi connectivity index (χ3v) is 4.67. The van der Waals surface area contributed by atoms with Crippen LogP contribution >= 0.6 is 11.3 Å². The Labute approximate surface area is 158 Å². The molecule has 132 valence electrons. The van der Waals surface area contributed by atoms with Crippen LogP contribution in [-0.4, -0.2) is 19.5 Å². The van der Waals surface area contributed by atoms with E-state index in [-0.39, 0.29) is 5.69 Å². The maximum atomic E-state index is 11.0. The van der Waals surface area contributed by atoms with E-state index in [1.165, 1.54) is 23.5 Å². The Hall–Kier alpha value is -3.65. The lowest BCUT2D eigenvalue weighted by molar-refractivity contribution is -0.384. The first-order valence-corrected chi connectivity index (χ1v) is 8.93. The van der Waals surface area contributed by atoms with Gasteiger partial charge in [-0.05, 0) is 23.8 Å². The molecule has 0 saturated carbocycles. The highest BCUT2D eigenvalue weighted by molar-refractivity contribution is 7.07. The fourth-order valence-corrected chi connectivity index (χ4v) is 3.51. The third-order valence-electron chi connectivity index (χ3n) is 3.84. The van der Waals surface area contributed by atoms with E-state index in [0.717, 1.165) is 16.9 Å². The second-order valence-electron chi connectivity index (χ2n) is 5.54. The second-order valence-corrected chi connectivity index (χ2v) is 6.38. The van der Waals surface area contributed by atoms with Crippen molar-refractivity contribution in [1.29, 1.82) is 0 Å². The zero-order chi connectivity index (χ0) is 18.6. The fourth-order valence-electron chi connectivity index (χ4n) is 2.61. The predicted octanol–water partition coefficient (Wildman–Crippen LogP) is 4.14. The largest absolute Gasteiger partial charge is 0.285 e. The fraction of sp³-hybridized carbons (Fsp3) is 0. The highest BCUT2D eigenvalue weighted by atomic mass is 32.1. The third kappa shape index (κ3) is 3.51. The Balaban J connectivity index is 1.92. The first-order chi connectivity index (χ1) is 13.2. The standard InChI is InChI=1S/C19H13N5O2S/c25-24(26)16-9-7-15(8-10-16)23-17(14-5-2-1-3-6-14)13-27-19(23)22-18-20-11-4-12-21-18/h1-13H/b22-19-. The number of aromatic nitrogens is 3. The summed E-state index contributed by atoms with van der Waals surface area (Å²) in [5.74, 6) is 0.356. The number of hydrogen-bond acceptors (Lipinski definition) is 6. The molecule has 0 aliphatic carbocycles. The Morgan fingerprint density at radius 3 is 2.33 bits per heavy atom. The number of benzene rings is 2. The van der Waals surface area contributed by atoms with Gasteiger partial charge in [0.15, 0.2) is 4.80 Å². The molecule has 0 bridgehead atoms. The highest BCUT2D eigenvalue weighted by Gasteiger charge is 2.12. The molecule has 4 aromatic rings. The summed E-state index contributed by atoms with van der Waals surface area (Å²) in [6.45, 7) is 0. The van der Waals surface area contributed by atoms with E-state index in [2.05, 4.69) is 15.0 Å². The van der Waals surface area contributed by atoms with Crippen molar-refractivity contribution < 1.29 is 4.92 Å². The molecule has 2 heterocycles. The lowest BCUT2D eigenvalue weighted by Gasteiger charge is -2.09. The quantitative estimate of drug-likeness (QED) is 0.396. The summed E-state index contributed by atoms with van der Waals surface area (Å²) in [5, 5.41) is 13.0. The number of nitrogens with zero attached hydrogens (tertiary/aromatic N) is 5. The van der Waals surface area contributed by atoms with E-state index in [1.54, 1.807) is 30.6 Å². The molecule has 0 atom stereocenters. The van der Waals surface area contributed by atoms with Gasteiger partial charge < -0.3 is 0 Å². The van der Waals surface area contributed by atoms with Gasteiger partial charge in [-0.2, -0.15) is 4.99 Å². The molecule has 2 aromatic carbocycles. The Morgan fingerprint density at radius 2 is 1.67 bits per heavy atom. The summed E-state index contributed by atoms with van der Waals surface area (Å²) in [4.78, 5) is 24.1. The molecule has 4 rings (SSSR count). The van der Waals surface area contributed by atoms with Crippen LogP contribution in [0, 0.1) is 10.1 Å². The summed E-state index contributed by atoms with van der Waals surface area (Å²) in [6, 6.07) is 18.0. The van der Waals surface area contributed by atoms with Gasteiger partial charge in [0.2, 0.25) is 0 Å². The lowest BCUT2D eigenvalue weighted by atomic mass is 10.1. The molecule has 27 heavy (non-hydrogen) atoms. The van der Waals surface area contributed by atoms with Gasteiger partial charge in [0.1, 0.15) is 0 Å². The van der Waals surface area contributed by atoms with E-state index in [9.17, 15) is 10.1 Å². The maximum absolute atomic E-state index is 11.0. The van der Waals surface area contributed by atoms with Crippen molar-refractivity contribution in [3.05, 3.63) is 93.4 Å². The number of nitro groups is 1. The van der Waals surface area contributed by atoms with Gasteiger partial charge in [-0.1, -0.05) is 30.3 Å². The van der Waals surface area contributed by atoms with E-state index in [4.69, 9.17) is 0 Å². The summed E-state index contributed by atoms with van der Waals surface area (Å²) in [6.07, 6.45) is 3.27. The molecular formula is C19H13N5O2S. The van der Waals surface area contributed by atoms with Crippen molar-refractivity contribution in [2.45, 2.75) is 0 Å². The van der Waals surface area contributed by atoms with Gasteiger partial charge in [0, 0.05) is 35.6 Å². The number of thiazole rings is 1. The SMILES string of the molecule is O=[N+]([O-])c1ccc(-n2c(-c3ccccc3)cs/c2=N\c2ncccn2)cc1. The Bertz CT molecular complexity index is 1140. The van der Waals surface area contributed by atoms with Crippen LogP contribution in [0.15, 0.2) is 83.4 Å². The van der Waals surface area contributed by atoms with Crippen molar-refractivity contribution in [1.82, 2.24) is 14.5 Å². The number of rotatable bonds is 4. The van der Waals surface area contributed by atoms with Gasteiger partial charge in [-0.3, -0.25) is 14.7 Å². The zero-order valence-corrected chi connectivity index (χ0v) is 14.8. The van der Waals surface area contributed by atoms with E-state index < -0.39 is 4.92 Å². The minimum atomic E-state index is -0.413. The van der Waals surface area contributed by atoms with E-state index >= 15 is 0 Å². The number of nitro benzene ring substituents is 1. The molecule has 7 nitrogen and oxygen atoms in total. The molecule has 0 amide bonds. The minimum absolute atomic E-state index is 0.0423. The molecule has 0 radical (unpaired) electrons. The monoisotopic (exact) mass is 375 g/mol. The molecule has 0 aliphatic rings. The van der Waals surface area contributed by atoms with Crippen molar-refractivity contribution >= 4 is 23.0 Å². The van der Waals surface area contributed by atoms with E-state index in [1.807, 2.05) is 40.3 Å². The first kappa shape index (κ1) is 16.8. The van der Waals surface area contributed by atoms with Crippen LogP contribution in [0.25, 0.3) is 16.9 Å². The van der Waals surface area contributed by atoms with Crippen LogP contribution < -0.4 is 4.80 Å². The van der Waals surface area contributed by atoms with Crippen molar-refractivity contribution in [3.8, 4) is 16.9 Å². The summed E-state index contributed by atoms with van der Waals surface area (Å²) in [5.41, 5.74) is 2.77. The van der Waals surface area contributed by atoms with Gasteiger partial charge in [-0.25, -0.2) is 9.97 Å². The smallest absolute Gasteiger partial charge is 0.269 e. The predicted molar refractivity (Wildman–Crippen MR) is 103 cm³/mol. The van der Waals surface area contributed by atoms with Gasteiger partial charge in [0.05, 0.1) is 10.6 Å². The van der Waals surface area contributed by atoms with Gasteiger partial charge in [-0.15, -0.1) is 11.3 Å². The van der Waals surface area contributed by atoms with Crippen LogP contribution in [0.3, 0.4) is 0 Å². The number of non-ortho nitro benzene ring substituents is 1.